The van der Waals surface area contributed by atoms with Gasteiger partial charge in [-0.05, 0) is 0 Å². The highest BCUT2D eigenvalue weighted by Gasteiger charge is 2.35. The van der Waals surface area contributed by atoms with E-state index in [1.165, 1.54) is 0 Å². The van der Waals surface area contributed by atoms with Crippen LogP contribution in [-0.2, 0) is 11.3 Å². The molecule has 1 aliphatic heterocycles. The number of aliphatic hydroxyl groups excluding tert-OH is 1. The van der Waals surface area contributed by atoms with E-state index >= 15 is 0 Å². The minimum Gasteiger partial charge on any atom is -0.544 e. The maximum atomic E-state index is 10.9. The number of carboxylic acid groups (broad SMARTS) is 1. The van der Waals surface area contributed by atoms with Crippen LogP contribution in [0.5, 0.6) is 0 Å². The van der Waals surface area contributed by atoms with Gasteiger partial charge in [0.1, 0.15) is 25.2 Å². The molecule has 0 spiro atoms. The summed E-state index contributed by atoms with van der Waals surface area (Å²) in [5.41, 5.74) is 1.08. The van der Waals surface area contributed by atoms with Crippen LogP contribution in [0.25, 0.3) is 0 Å². The number of hydrogen-bond donors (Lipinski definition) is 2. The molecule has 1 unspecified atom stereocenters. The summed E-state index contributed by atoms with van der Waals surface area (Å²) in [4.78, 5) is 11.8. The van der Waals surface area contributed by atoms with Crippen molar-refractivity contribution in [3.05, 3.63) is 35.9 Å². The van der Waals surface area contributed by atoms with Gasteiger partial charge in [-0.3, -0.25) is 0 Å². The van der Waals surface area contributed by atoms with Crippen molar-refractivity contribution in [2.75, 3.05) is 6.54 Å². The Morgan fingerprint density at radius 1 is 1.44 bits per heavy atom. The standard InChI is InChI=1S/C12H15NO3/c14-10-6-11(12(15)16)13(8-10)7-9-4-2-1-3-5-9/h1-5,10-11,14H,6-8H2,(H,15,16)/t10-,11+/m1/s1. The van der Waals surface area contributed by atoms with E-state index in [0.29, 0.717) is 19.5 Å². The molecular weight excluding hydrogens is 206 g/mol. The van der Waals surface area contributed by atoms with Gasteiger partial charge in [-0.2, -0.15) is 0 Å². The van der Waals surface area contributed by atoms with Crippen LogP contribution in [0, 0.1) is 0 Å². The summed E-state index contributed by atoms with van der Waals surface area (Å²) in [6, 6.07) is 9.11. The molecular formula is C12H15NO3. The Balaban J connectivity index is 2.06. The minimum absolute atomic E-state index is 0.296. The fourth-order valence-corrected chi connectivity index (χ4v) is 2.28. The van der Waals surface area contributed by atoms with E-state index in [9.17, 15) is 15.0 Å². The normalized spacial score (nSPS) is 29.2. The Bertz CT molecular complexity index is 366. The molecule has 0 amide bonds. The van der Waals surface area contributed by atoms with Crippen LogP contribution in [0.1, 0.15) is 12.0 Å². The highest BCUT2D eigenvalue weighted by Crippen LogP contribution is 2.03. The second kappa shape index (κ2) is 4.63. The second-order valence-corrected chi connectivity index (χ2v) is 4.29. The highest BCUT2D eigenvalue weighted by atomic mass is 16.4. The molecule has 2 rings (SSSR count). The highest BCUT2D eigenvalue weighted by molar-refractivity contribution is 5.69. The average Bonchev–Trinajstić information content (AvgIpc) is 2.61. The molecule has 4 nitrogen and oxygen atoms in total. The fraction of sp³-hybridized carbons (Fsp3) is 0.417. The van der Waals surface area contributed by atoms with Gasteiger partial charge < -0.3 is 19.9 Å². The van der Waals surface area contributed by atoms with Crippen molar-refractivity contribution in [2.24, 2.45) is 0 Å². The Morgan fingerprint density at radius 3 is 2.75 bits per heavy atom. The molecule has 1 saturated heterocycles. The van der Waals surface area contributed by atoms with Crippen LogP contribution in [0.15, 0.2) is 30.3 Å². The SMILES string of the molecule is O=C([O-])[C@@H]1C[C@@H](O)C[NH+]1Cc1ccccc1. The first-order chi connectivity index (χ1) is 7.66. The van der Waals surface area contributed by atoms with E-state index in [1.54, 1.807) is 0 Å². The molecule has 0 radical (unpaired) electrons. The topological polar surface area (TPSA) is 64.8 Å². The number of quaternary nitrogens is 1. The molecule has 1 heterocycles. The van der Waals surface area contributed by atoms with Crippen LogP contribution in [-0.4, -0.2) is 29.8 Å². The Morgan fingerprint density at radius 2 is 2.12 bits per heavy atom. The maximum absolute atomic E-state index is 10.9. The van der Waals surface area contributed by atoms with Crippen molar-refractivity contribution in [1.82, 2.24) is 0 Å². The first-order valence-electron chi connectivity index (χ1n) is 5.44. The lowest BCUT2D eigenvalue weighted by Crippen LogP contribution is -3.14. The number of hydrogen-bond acceptors (Lipinski definition) is 3. The van der Waals surface area contributed by atoms with Gasteiger partial charge in [0.2, 0.25) is 0 Å². The van der Waals surface area contributed by atoms with E-state index in [1.807, 2.05) is 30.3 Å². The van der Waals surface area contributed by atoms with Crippen LogP contribution < -0.4 is 10.0 Å². The summed E-state index contributed by atoms with van der Waals surface area (Å²) in [6.07, 6.45) is -0.230. The smallest absolute Gasteiger partial charge is 0.131 e. The molecule has 2 N–H and O–H groups in total. The molecule has 0 bridgehead atoms. The number of aliphatic hydroxyl groups is 1. The molecule has 1 aromatic rings. The number of nitrogens with one attached hydrogen (secondary N) is 1. The summed E-state index contributed by atoms with van der Waals surface area (Å²) >= 11 is 0. The third kappa shape index (κ3) is 2.40. The van der Waals surface area contributed by atoms with E-state index in [4.69, 9.17) is 0 Å². The van der Waals surface area contributed by atoms with Gasteiger partial charge in [0.25, 0.3) is 0 Å². The molecule has 1 aliphatic rings. The monoisotopic (exact) mass is 221 g/mol. The quantitative estimate of drug-likeness (QED) is 0.618. The summed E-state index contributed by atoms with van der Waals surface area (Å²) in [5.74, 6) is -1.07. The average molecular weight is 221 g/mol. The third-order valence-corrected chi connectivity index (χ3v) is 3.06. The number of likely N-dealkylation sites (tertiary alicyclic amines) is 1. The Kier molecular flexibility index (Phi) is 3.22. The van der Waals surface area contributed by atoms with Crippen LogP contribution in [0.4, 0.5) is 0 Å². The molecule has 0 aromatic heterocycles. The van der Waals surface area contributed by atoms with Crippen LogP contribution in [0.3, 0.4) is 0 Å². The molecule has 16 heavy (non-hydrogen) atoms. The molecule has 0 aliphatic carbocycles. The zero-order valence-corrected chi connectivity index (χ0v) is 8.93. The van der Waals surface area contributed by atoms with Crippen molar-refractivity contribution in [3.8, 4) is 0 Å². The van der Waals surface area contributed by atoms with Crippen molar-refractivity contribution >= 4 is 5.97 Å². The van der Waals surface area contributed by atoms with Gasteiger partial charge in [-0.25, -0.2) is 0 Å². The molecule has 3 atom stereocenters. The van der Waals surface area contributed by atoms with E-state index in [0.717, 1.165) is 10.5 Å². The summed E-state index contributed by atoms with van der Waals surface area (Å²) in [6.45, 7) is 1.10. The number of aliphatic carboxylic acids is 1. The van der Waals surface area contributed by atoms with Crippen molar-refractivity contribution in [3.63, 3.8) is 0 Å². The molecule has 1 fully saturated rings. The third-order valence-electron chi connectivity index (χ3n) is 3.06. The number of carbonyl (C=O) groups is 1. The van der Waals surface area contributed by atoms with Crippen molar-refractivity contribution < 1.29 is 19.9 Å². The van der Waals surface area contributed by atoms with Gasteiger partial charge in [-0.15, -0.1) is 0 Å². The zero-order valence-electron chi connectivity index (χ0n) is 8.93. The van der Waals surface area contributed by atoms with Crippen molar-refractivity contribution in [1.29, 1.82) is 0 Å². The van der Waals surface area contributed by atoms with Gasteiger partial charge >= 0.3 is 0 Å². The van der Waals surface area contributed by atoms with E-state index in [2.05, 4.69) is 0 Å². The van der Waals surface area contributed by atoms with Gasteiger partial charge in [-0.1, -0.05) is 30.3 Å². The zero-order chi connectivity index (χ0) is 11.5. The number of benzene rings is 1. The predicted molar refractivity (Wildman–Crippen MR) is 55.4 cm³/mol. The Hall–Kier alpha value is -1.39. The summed E-state index contributed by atoms with van der Waals surface area (Å²) in [7, 11) is 0. The lowest BCUT2D eigenvalue weighted by atomic mass is 10.2. The maximum Gasteiger partial charge on any atom is 0.131 e. The first-order valence-corrected chi connectivity index (χ1v) is 5.44. The summed E-state index contributed by atoms with van der Waals surface area (Å²) in [5, 5.41) is 20.4. The number of carbonyl (C=O) groups excluding carboxylic acids is 1. The Labute approximate surface area is 94.1 Å². The van der Waals surface area contributed by atoms with E-state index < -0.39 is 18.1 Å². The van der Waals surface area contributed by atoms with Gasteiger partial charge in [0.05, 0.1) is 5.97 Å². The van der Waals surface area contributed by atoms with Crippen LogP contribution in [0.2, 0.25) is 0 Å². The number of carboxylic acids is 1. The molecule has 0 saturated carbocycles. The predicted octanol–water partition coefficient (Wildman–Crippen LogP) is -2.05. The van der Waals surface area contributed by atoms with Gasteiger partial charge in [0, 0.05) is 12.0 Å². The molecule has 4 heteroatoms. The first kappa shape index (κ1) is 11.1. The van der Waals surface area contributed by atoms with Crippen LogP contribution >= 0.6 is 0 Å². The number of rotatable bonds is 3. The van der Waals surface area contributed by atoms with E-state index in [-0.39, 0.29) is 0 Å². The fourth-order valence-electron chi connectivity index (χ4n) is 2.28. The molecule has 1 aromatic carbocycles. The minimum atomic E-state index is -1.07. The van der Waals surface area contributed by atoms with Crippen molar-refractivity contribution in [2.45, 2.75) is 25.1 Å². The summed E-state index contributed by atoms with van der Waals surface area (Å²) < 4.78 is 0. The van der Waals surface area contributed by atoms with Gasteiger partial charge in [0.15, 0.2) is 0 Å². The largest absolute Gasteiger partial charge is 0.544 e. The second-order valence-electron chi connectivity index (χ2n) is 4.29. The molecule has 86 valence electrons. The lowest BCUT2D eigenvalue weighted by molar-refractivity contribution is -0.920. The lowest BCUT2D eigenvalue weighted by Gasteiger charge is -2.21.